The number of carbonyl (C=O) groups is 2. The molecule has 0 saturated heterocycles. The SMILES string of the molecule is CCCC(=O)NC1CC(NC(=O)CCC)CC(C)(C)C1.[CH3-].[CH3-].[Ti+2]. The van der Waals surface area contributed by atoms with E-state index in [-0.39, 0.29) is 65.9 Å². The van der Waals surface area contributed by atoms with Crippen molar-refractivity contribution in [2.75, 3.05) is 0 Å². The Labute approximate surface area is 158 Å². The summed E-state index contributed by atoms with van der Waals surface area (Å²) in [5.41, 5.74) is 0.159. The van der Waals surface area contributed by atoms with Crippen LogP contribution in [0.3, 0.4) is 0 Å². The number of amides is 2. The summed E-state index contributed by atoms with van der Waals surface area (Å²) in [6, 6.07) is 0.370. The summed E-state index contributed by atoms with van der Waals surface area (Å²) in [5.74, 6) is 0.266. The van der Waals surface area contributed by atoms with Crippen LogP contribution in [-0.4, -0.2) is 23.9 Å². The Morgan fingerprint density at radius 2 is 1.26 bits per heavy atom. The fraction of sp³-hybridized carbons (Fsp3) is 0.778. The predicted molar refractivity (Wildman–Crippen MR) is 94.1 cm³/mol. The van der Waals surface area contributed by atoms with Gasteiger partial charge in [0.2, 0.25) is 11.8 Å². The summed E-state index contributed by atoms with van der Waals surface area (Å²) in [6.45, 7) is 8.45. The molecule has 0 bridgehead atoms. The topological polar surface area (TPSA) is 58.2 Å². The van der Waals surface area contributed by atoms with E-state index in [9.17, 15) is 9.59 Å². The Balaban J connectivity index is -0.00000133. The van der Waals surface area contributed by atoms with Crippen molar-refractivity contribution < 1.29 is 31.3 Å². The Kier molecular flexibility index (Phi) is 15.5. The van der Waals surface area contributed by atoms with Gasteiger partial charge in [0.15, 0.2) is 0 Å². The summed E-state index contributed by atoms with van der Waals surface area (Å²) in [4.78, 5) is 23.5. The smallest absolute Gasteiger partial charge is 0.358 e. The Morgan fingerprint density at radius 3 is 1.57 bits per heavy atom. The zero-order valence-corrected chi connectivity index (χ0v) is 17.5. The van der Waals surface area contributed by atoms with Crippen molar-refractivity contribution in [3.63, 3.8) is 0 Å². The first-order valence-electron chi connectivity index (χ1n) is 7.95. The molecule has 1 aliphatic rings. The van der Waals surface area contributed by atoms with Crippen LogP contribution in [0, 0.1) is 20.3 Å². The van der Waals surface area contributed by atoms with Crippen LogP contribution in [0.15, 0.2) is 0 Å². The second-order valence-electron chi connectivity index (χ2n) is 6.84. The third kappa shape index (κ3) is 10.9. The van der Waals surface area contributed by atoms with Crippen molar-refractivity contribution in [1.29, 1.82) is 0 Å². The van der Waals surface area contributed by atoms with E-state index in [1.807, 2.05) is 13.8 Å². The Hall–Kier alpha value is -0.346. The standard InChI is InChI=1S/C16H30N2O2.2CH3.Ti/c1-5-7-14(19)17-12-9-13(11-16(3,4)10-12)18-15(20)8-6-2;;;/h12-13H,5-11H2,1-4H3,(H,17,19)(H,18,20);2*1H3;/q;2*-1;+2. The van der Waals surface area contributed by atoms with E-state index in [1.165, 1.54) is 0 Å². The minimum Gasteiger partial charge on any atom is -0.358 e. The van der Waals surface area contributed by atoms with Gasteiger partial charge in [-0.2, -0.15) is 0 Å². The second kappa shape index (κ2) is 13.0. The molecule has 134 valence electrons. The Morgan fingerprint density at radius 1 is 0.913 bits per heavy atom. The minimum atomic E-state index is 0. The summed E-state index contributed by atoms with van der Waals surface area (Å²) in [5, 5.41) is 6.24. The van der Waals surface area contributed by atoms with Gasteiger partial charge in [-0.3, -0.25) is 9.59 Å². The van der Waals surface area contributed by atoms with Gasteiger partial charge in [0.1, 0.15) is 0 Å². The molecule has 2 atom stereocenters. The third-order valence-corrected chi connectivity index (χ3v) is 3.85. The molecule has 0 radical (unpaired) electrons. The van der Waals surface area contributed by atoms with Crippen molar-refractivity contribution in [1.82, 2.24) is 10.6 Å². The maximum absolute atomic E-state index is 11.8. The number of carbonyl (C=O) groups excluding carboxylic acids is 2. The number of hydrogen-bond acceptors (Lipinski definition) is 2. The summed E-state index contributed by atoms with van der Waals surface area (Å²) in [6.07, 6.45) is 5.75. The van der Waals surface area contributed by atoms with Crippen molar-refractivity contribution in [2.45, 2.75) is 84.7 Å². The molecule has 1 rings (SSSR count). The van der Waals surface area contributed by atoms with Crippen molar-refractivity contribution in [3.05, 3.63) is 14.9 Å². The van der Waals surface area contributed by atoms with Crippen LogP contribution in [0.2, 0.25) is 0 Å². The number of hydrogen-bond donors (Lipinski definition) is 2. The van der Waals surface area contributed by atoms with E-state index in [0.717, 1.165) is 32.1 Å². The van der Waals surface area contributed by atoms with Crippen LogP contribution in [0.4, 0.5) is 0 Å². The molecule has 23 heavy (non-hydrogen) atoms. The van der Waals surface area contributed by atoms with E-state index in [0.29, 0.717) is 12.8 Å². The van der Waals surface area contributed by atoms with Crippen LogP contribution in [0.5, 0.6) is 0 Å². The minimum absolute atomic E-state index is 0. The molecule has 4 nitrogen and oxygen atoms in total. The predicted octanol–water partition coefficient (Wildman–Crippen LogP) is 3.66. The van der Waals surface area contributed by atoms with E-state index in [4.69, 9.17) is 0 Å². The Bertz CT molecular complexity index is 316. The summed E-state index contributed by atoms with van der Waals surface area (Å²) >= 11 is 0. The molecule has 0 spiro atoms. The van der Waals surface area contributed by atoms with E-state index < -0.39 is 0 Å². The quantitative estimate of drug-likeness (QED) is 0.561. The molecule has 0 aromatic rings. The molecule has 0 aliphatic heterocycles. The van der Waals surface area contributed by atoms with Crippen molar-refractivity contribution in [2.24, 2.45) is 5.41 Å². The van der Waals surface area contributed by atoms with Crippen molar-refractivity contribution in [3.8, 4) is 0 Å². The molecule has 2 amide bonds. The zero-order valence-electron chi connectivity index (χ0n) is 15.9. The third-order valence-electron chi connectivity index (χ3n) is 3.85. The van der Waals surface area contributed by atoms with Gasteiger partial charge in [-0.1, -0.05) is 27.7 Å². The van der Waals surface area contributed by atoms with E-state index in [2.05, 4.69) is 24.5 Å². The molecule has 0 aromatic heterocycles. The fourth-order valence-electron chi connectivity index (χ4n) is 3.20. The first-order valence-corrected chi connectivity index (χ1v) is 7.95. The summed E-state index contributed by atoms with van der Waals surface area (Å²) in [7, 11) is 0. The largest absolute Gasteiger partial charge is 2.00 e. The molecule has 2 unspecified atom stereocenters. The van der Waals surface area contributed by atoms with Crippen LogP contribution >= 0.6 is 0 Å². The zero-order chi connectivity index (χ0) is 15.2. The van der Waals surface area contributed by atoms with Crippen LogP contribution in [0.25, 0.3) is 0 Å². The molecule has 1 saturated carbocycles. The maximum Gasteiger partial charge on any atom is 2.00 e. The normalized spacial score (nSPS) is 21.7. The number of nitrogens with one attached hydrogen (secondary N) is 2. The van der Waals surface area contributed by atoms with Crippen LogP contribution in [-0.2, 0) is 31.3 Å². The van der Waals surface area contributed by atoms with Gasteiger partial charge in [0, 0.05) is 24.9 Å². The molecular weight excluding hydrogens is 324 g/mol. The second-order valence-corrected chi connectivity index (χ2v) is 6.84. The van der Waals surface area contributed by atoms with E-state index >= 15 is 0 Å². The van der Waals surface area contributed by atoms with Gasteiger partial charge in [-0.05, 0) is 37.5 Å². The van der Waals surface area contributed by atoms with Gasteiger partial charge < -0.3 is 25.5 Å². The average Bonchev–Trinajstić information content (AvgIpc) is 2.26. The molecule has 0 heterocycles. The first-order chi connectivity index (χ1) is 9.36. The van der Waals surface area contributed by atoms with E-state index in [1.54, 1.807) is 0 Å². The molecular formula is C18H36N2O2Ti. The van der Waals surface area contributed by atoms with Crippen LogP contribution < -0.4 is 10.6 Å². The first kappa shape index (κ1) is 27.5. The molecule has 1 fully saturated rings. The van der Waals surface area contributed by atoms with Crippen molar-refractivity contribution >= 4 is 11.8 Å². The summed E-state index contributed by atoms with van der Waals surface area (Å²) < 4.78 is 0. The molecule has 0 aromatic carbocycles. The monoisotopic (exact) mass is 360 g/mol. The van der Waals surface area contributed by atoms with Gasteiger partial charge in [0.25, 0.3) is 0 Å². The van der Waals surface area contributed by atoms with Gasteiger partial charge in [-0.25, -0.2) is 0 Å². The van der Waals surface area contributed by atoms with Gasteiger partial charge in [0.05, 0.1) is 0 Å². The fourth-order valence-corrected chi connectivity index (χ4v) is 3.20. The average molecular weight is 360 g/mol. The van der Waals surface area contributed by atoms with Crippen LogP contribution in [0.1, 0.15) is 72.6 Å². The number of rotatable bonds is 6. The van der Waals surface area contributed by atoms with Gasteiger partial charge >= 0.3 is 21.7 Å². The molecule has 5 heteroatoms. The van der Waals surface area contributed by atoms with Gasteiger partial charge in [-0.15, -0.1) is 0 Å². The molecule has 1 aliphatic carbocycles. The molecule has 2 N–H and O–H groups in total. The maximum atomic E-state index is 11.8.